The van der Waals surface area contributed by atoms with Crippen molar-refractivity contribution in [3.63, 3.8) is 0 Å². The Morgan fingerprint density at radius 2 is 1.89 bits per heavy atom. The van der Waals surface area contributed by atoms with Gasteiger partial charge in [-0.05, 0) is 18.4 Å². The first-order chi connectivity index (χ1) is 8.34. The van der Waals surface area contributed by atoms with Crippen molar-refractivity contribution in [3.8, 4) is 5.75 Å². The molecule has 1 nitrogen and oxygen atoms in total. The van der Waals surface area contributed by atoms with E-state index in [1.807, 2.05) is 13.8 Å². The summed E-state index contributed by atoms with van der Waals surface area (Å²) < 4.78 is 55.6. The molecular formula is C12H16BF4KO. The van der Waals surface area contributed by atoms with Crippen molar-refractivity contribution >= 4 is 12.4 Å². The molecule has 0 fully saturated rings. The Hall–Kier alpha value is 0.441. The molecule has 7 heteroatoms. The second-order valence-corrected chi connectivity index (χ2v) is 4.46. The van der Waals surface area contributed by atoms with E-state index in [1.165, 1.54) is 0 Å². The van der Waals surface area contributed by atoms with E-state index in [2.05, 4.69) is 0 Å². The SMILES string of the molecule is CCCC(C)COc1ccc([B-](F)(F)F)c(F)c1.[K+]. The van der Waals surface area contributed by atoms with Gasteiger partial charge in [0.2, 0.25) is 0 Å². The van der Waals surface area contributed by atoms with Crippen molar-refractivity contribution in [3.05, 3.63) is 24.0 Å². The maximum atomic E-state index is 13.2. The smallest absolute Gasteiger partial charge is 0.493 e. The van der Waals surface area contributed by atoms with Gasteiger partial charge in [0, 0.05) is 6.07 Å². The zero-order valence-electron chi connectivity index (χ0n) is 11.4. The molecule has 1 unspecified atom stereocenters. The standard InChI is InChI=1S/C12H16BF4O.K/c1-3-4-9(2)8-18-10-5-6-11(12(14)7-10)13(15,16)17;/h5-7,9H,3-4,8H2,1-2H3;/q-1;+1. The van der Waals surface area contributed by atoms with Gasteiger partial charge in [-0.3, -0.25) is 0 Å². The normalized spacial score (nSPS) is 12.7. The topological polar surface area (TPSA) is 9.23 Å². The summed E-state index contributed by atoms with van der Waals surface area (Å²) in [5.41, 5.74) is -1.20. The molecule has 0 heterocycles. The first-order valence-corrected chi connectivity index (χ1v) is 5.96. The molecule has 0 saturated carbocycles. The monoisotopic (exact) mass is 302 g/mol. The number of hydrogen-bond donors (Lipinski definition) is 0. The molecule has 0 spiro atoms. The minimum atomic E-state index is -5.31. The van der Waals surface area contributed by atoms with Gasteiger partial charge in [0.05, 0.1) is 12.4 Å². The minimum Gasteiger partial charge on any atom is -0.493 e. The van der Waals surface area contributed by atoms with Gasteiger partial charge in [-0.25, -0.2) is 4.39 Å². The number of hydrogen-bond acceptors (Lipinski definition) is 1. The van der Waals surface area contributed by atoms with E-state index in [1.54, 1.807) is 0 Å². The number of ether oxygens (including phenoxy) is 1. The average Bonchev–Trinajstić information content (AvgIpc) is 2.25. The zero-order valence-corrected chi connectivity index (χ0v) is 14.6. The summed E-state index contributed by atoms with van der Waals surface area (Å²) >= 11 is 0. The molecule has 0 aromatic heterocycles. The molecule has 1 aromatic carbocycles. The van der Waals surface area contributed by atoms with Crippen LogP contribution in [0.3, 0.4) is 0 Å². The average molecular weight is 302 g/mol. The second-order valence-electron chi connectivity index (χ2n) is 4.46. The maximum Gasteiger partial charge on any atom is 1.00 e. The molecule has 0 bridgehead atoms. The Bertz CT molecular complexity index is 398. The third-order valence-electron chi connectivity index (χ3n) is 2.64. The van der Waals surface area contributed by atoms with Crippen LogP contribution in [-0.2, 0) is 0 Å². The van der Waals surface area contributed by atoms with Crippen LogP contribution in [0.15, 0.2) is 18.2 Å². The largest absolute Gasteiger partial charge is 1.00 e. The second kappa shape index (κ2) is 8.67. The predicted molar refractivity (Wildman–Crippen MR) is 64.7 cm³/mol. The van der Waals surface area contributed by atoms with Gasteiger partial charge in [-0.15, -0.1) is 0 Å². The van der Waals surface area contributed by atoms with Gasteiger partial charge >= 0.3 is 58.4 Å². The van der Waals surface area contributed by atoms with Crippen LogP contribution in [-0.4, -0.2) is 13.6 Å². The number of benzene rings is 1. The Morgan fingerprint density at radius 1 is 1.26 bits per heavy atom. The van der Waals surface area contributed by atoms with Crippen LogP contribution in [0, 0.1) is 11.7 Å². The van der Waals surface area contributed by atoms with Crippen LogP contribution in [0.5, 0.6) is 5.75 Å². The summed E-state index contributed by atoms with van der Waals surface area (Å²) in [6.07, 6.45) is 1.97. The van der Waals surface area contributed by atoms with Gasteiger partial charge in [0.1, 0.15) is 5.75 Å². The van der Waals surface area contributed by atoms with Crippen LogP contribution >= 0.6 is 0 Å². The van der Waals surface area contributed by atoms with E-state index in [-0.39, 0.29) is 57.1 Å². The summed E-state index contributed by atoms with van der Waals surface area (Å²) in [4.78, 5) is 0. The van der Waals surface area contributed by atoms with Crippen molar-refractivity contribution in [2.75, 3.05) is 6.61 Å². The summed E-state index contributed by atoms with van der Waals surface area (Å²) in [7, 11) is 0. The summed E-state index contributed by atoms with van der Waals surface area (Å²) in [5, 5.41) is 0. The van der Waals surface area contributed by atoms with Crippen LogP contribution in [0.4, 0.5) is 17.3 Å². The molecule has 0 saturated heterocycles. The van der Waals surface area contributed by atoms with E-state index >= 15 is 0 Å². The molecule has 102 valence electrons. The molecule has 1 atom stereocenters. The summed E-state index contributed by atoms with van der Waals surface area (Å²) in [5.74, 6) is -0.841. The van der Waals surface area contributed by atoms with Crippen LogP contribution in [0.2, 0.25) is 0 Å². The maximum absolute atomic E-state index is 13.2. The Labute approximate surface area is 153 Å². The minimum absolute atomic E-state index is 0. The molecule has 0 aliphatic rings. The Balaban J connectivity index is 0.00000324. The first-order valence-electron chi connectivity index (χ1n) is 5.96. The van der Waals surface area contributed by atoms with E-state index in [0.717, 1.165) is 31.0 Å². The van der Waals surface area contributed by atoms with E-state index in [9.17, 15) is 17.3 Å². The molecule has 0 aliphatic carbocycles. The molecule has 1 rings (SSSR count). The third-order valence-corrected chi connectivity index (χ3v) is 2.64. The van der Waals surface area contributed by atoms with Gasteiger partial charge in [0.25, 0.3) is 0 Å². The van der Waals surface area contributed by atoms with Crippen molar-refractivity contribution < 1.29 is 73.5 Å². The van der Waals surface area contributed by atoms with E-state index < -0.39 is 18.3 Å². The van der Waals surface area contributed by atoms with E-state index in [4.69, 9.17) is 4.74 Å². The van der Waals surface area contributed by atoms with E-state index in [0.29, 0.717) is 12.5 Å². The fraction of sp³-hybridized carbons (Fsp3) is 0.500. The van der Waals surface area contributed by atoms with Gasteiger partial charge < -0.3 is 17.7 Å². The fourth-order valence-electron chi connectivity index (χ4n) is 1.68. The Morgan fingerprint density at radius 3 is 2.37 bits per heavy atom. The third kappa shape index (κ3) is 6.62. The molecule has 19 heavy (non-hydrogen) atoms. The number of halogens is 4. The summed E-state index contributed by atoms with van der Waals surface area (Å²) in [6.45, 7) is -0.912. The van der Waals surface area contributed by atoms with Crippen molar-refractivity contribution in [2.24, 2.45) is 5.92 Å². The van der Waals surface area contributed by atoms with Gasteiger partial charge in [-0.2, -0.15) is 0 Å². The van der Waals surface area contributed by atoms with Crippen molar-refractivity contribution in [1.29, 1.82) is 0 Å². The molecule has 0 amide bonds. The molecular weight excluding hydrogens is 286 g/mol. The number of rotatable bonds is 6. The predicted octanol–water partition coefficient (Wildman–Crippen LogP) is 0.699. The molecule has 1 aromatic rings. The summed E-state index contributed by atoms with van der Waals surface area (Å²) in [6, 6.07) is 2.69. The molecule has 0 aliphatic heterocycles. The van der Waals surface area contributed by atoms with Crippen LogP contribution in [0.1, 0.15) is 26.7 Å². The first kappa shape index (κ1) is 19.4. The zero-order chi connectivity index (χ0) is 13.8. The molecule has 0 N–H and O–H groups in total. The van der Waals surface area contributed by atoms with Crippen molar-refractivity contribution in [2.45, 2.75) is 26.7 Å². The van der Waals surface area contributed by atoms with Crippen LogP contribution in [0.25, 0.3) is 0 Å². The Kier molecular flexibility index (Phi) is 8.87. The van der Waals surface area contributed by atoms with Gasteiger partial charge in [-0.1, -0.05) is 31.8 Å². The quantitative estimate of drug-likeness (QED) is 0.555. The molecule has 0 radical (unpaired) electrons. The van der Waals surface area contributed by atoms with Gasteiger partial charge in [0.15, 0.2) is 0 Å². The van der Waals surface area contributed by atoms with Crippen LogP contribution < -0.4 is 61.6 Å². The fourth-order valence-corrected chi connectivity index (χ4v) is 1.68. The van der Waals surface area contributed by atoms with Crippen molar-refractivity contribution in [1.82, 2.24) is 0 Å².